The van der Waals surface area contributed by atoms with Crippen LogP contribution < -0.4 is 10.1 Å². The van der Waals surface area contributed by atoms with Gasteiger partial charge in [-0.3, -0.25) is 4.79 Å². The molecule has 1 amide bonds. The van der Waals surface area contributed by atoms with E-state index < -0.39 is 18.1 Å². The van der Waals surface area contributed by atoms with Gasteiger partial charge in [-0.25, -0.2) is 0 Å². The van der Waals surface area contributed by atoms with Crippen LogP contribution in [-0.2, 0) is 11.3 Å². The van der Waals surface area contributed by atoms with E-state index in [0.29, 0.717) is 17.0 Å². The summed E-state index contributed by atoms with van der Waals surface area (Å²) in [5, 5.41) is 3.13. The fourth-order valence-electron chi connectivity index (χ4n) is 2.73. The van der Waals surface area contributed by atoms with Crippen molar-refractivity contribution in [2.24, 2.45) is 0 Å². The first-order valence-electron chi connectivity index (χ1n) is 7.82. The highest BCUT2D eigenvalue weighted by molar-refractivity contribution is 5.82. The van der Waals surface area contributed by atoms with E-state index in [1.54, 1.807) is 48.5 Å². The number of nitrogens with one attached hydrogen (secondary N) is 1. The Balaban J connectivity index is 1.75. The highest BCUT2D eigenvalue weighted by Gasteiger charge is 2.43. The first-order chi connectivity index (χ1) is 11.9. The van der Waals surface area contributed by atoms with E-state index in [2.05, 4.69) is 5.32 Å². The first kappa shape index (κ1) is 17.1. The maximum atomic E-state index is 13.0. The molecule has 0 saturated carbocycles. The average Bonchev–Trinajstić information content (AvgIpc) is 2.60. The van der Waals surface area contributed by atoms with Crippen molar-refractivity contribution in [2.45, 2.75) is 18.8 Å². The summed E-state index contributed by atoms with van der Waals surface area (Å²) in [5.41, 5.74) is 1.34. The number of nitrogens with zero attached hydrogens (tertiary/aromatic N) is 1. The minimum atomic E-state index is -4.91. The molecule has 2 aromatic carbocycles. The van der Waals surface area contributed by atoms with E-state index in [0.717, 1.165) is 4.90 Å². The topological polar surface area (TPSA) is 41.6 Å². The van der Waals surface area contributed by atoms with Crippen LogP contribution in [-0.4, -0.2) is 36.2 Å². The second-order valence-corrected chi connectivity index (χ2v) is 5.82. The van der Waals surface area contributed by atoms with Crippen molar-refractivity contribution in [2.75, 3.05) is 18.5 Å². The van der Waals surface area contributed by atoms with Crippen LogP contribution in [0.1, 0.15) is 5.56 Å². The summed E-state index contributed by atoms with van der Waals surface area (Å²) >= 11 is 0. The summed E-state index contributed by atoms with van der Waals surface area (Å²) in [5.74, 6) is -1.20. The Labute approximate surface area is 143 Å². The number of alkyl halides is 3. The molecule has 0 aromatic heterocycles. The second kappa shape index (κ2) is 7.04. The molecule has 1 atom stereocenters. The van der Waals surface area contributed by atoms with Gasteiger partial charge < -0.3 is 15.0 Å². The number of para-hydroxylation sites is 2. The molecule has 1 aliphatic heterocycles. The molecule has 3 rings (SSSR count). The number of rotatable bonds is 4. The third-order valence-electron chi connectivity index (χ3n) is 3.87. The molecule has 1 unspecified atom stereocenters. The lowest BCUT2D eigenvalue weighted by molar-refractivity contribution is -0.186. The Morgan fingerprint density at radius 2 is 1.80 bits per heavy atom. The molecule has 1 N–H and O–H groups in total. The molecular formula is C18H17F3N2O2. The smallest absolute Gasteiger partial charge is 0.471 e. The Morgan fingerprint density at radius 1 is 1.12 bits per heavy atom. The van der Waals surface area contributed by atoms with Gasteiger partial charge in [-0.05, 0) is 17.7 Å². The number of halogens is 3. The highest BCUT2D eigenvalue weighted by Crippen LogP contribution is 2.29. The SMILES string of the molecule is O=C(N(Cc1ccccc1)CC1COc2ccccc2N1)C(F)(F)F. The summed E-state index contributed by atoms with van der Waals surface area (Å²) in [7, 11) is 0. The van der Waals surface area contributed by atoms with Gasteiger partial charge in [-0.15, -0.1) is 0 Å². The summed E-state index contributed by atoms with van der Waals surface area (Å²) in [4.78, 5) is 12.6. The minimum absolute atomic E-state index is 0.110. The van der Waals surface area contributed by atoms with Gasteiger partial charge in [-0.2, -0.15) is 13.2 Å². The van der Waals surface area contributed by atoms with Crippen LogP contribution >= 0.6 is 0 Å². The quantitative estimate of drug-likeness (QED) is 0.918. The van der Waals surface area contributed by atoms with Crippen molar-refractivity contribution >= 4 is 11.6 Å². The number of hydrogen-bond acceptors (Lipinski definition) is 3. The minimum Gasteiger partial charge on any atom is -0.489 e. The molecular weight excluding hydrogens is 333 g/mol. The fourth-order valence-corrected chi connectivity index (χ4v) is 2.73. The normalized spacial score (nSPS) is 16.4. The molecule has 7 heteroatoms. The molecule has 0 aliphatic carbocycles. The van der Waals surface area contributed by atoms with Gasteiger partial charge in [0.25, 0.3) is 0 Å². The number of amides is 1. The fraction of sp³-hybridized carbons (Fsp3) is 0.278. The van der Waals surface area contributed by atoms with Crippen LogP contribution in [0.2, 0.25) is 0 Å². The molecule has 25 heavy (non-hydrogen) atoms. The second-order valence-electron chi connectivity index (χ2n) is 5.82. The van der Waals surface area contributed by atoms with Crippen molar-refractivity contribution in [3.05, 3.63) is 60.2 Å². The van der Waals surface area contributed by atoms with E-state index in [9.17, 15) is 18.0 Å². The summed E-state index contributed by atoms with van der Waals surface area (Å²) < 4.78 is 44.4. The Bertz CT molecular complexity index is 735. The standard InChI is InChI=1S/C18H17F3N2O2/c19-18(20,21)17(24)23(10-13-6-2-1-3-7-13)11-14-12-25-16-9-5-4-8-15(16)22-14/h1-9,14,22H,10-12H2. The average molecular weight is 350 g/mol. The maximum Gasteiger partial charge on any atom is 0.471 e. The molecule has 132 valence electrons. The Kier molecular flexibility index (Phi) is 4.83. The van der Waals surface area contributed by atoms with Crippen molar-refractivity contribution in [1.82, 2.24) is 4.90 Å². The Morgan fingerprint density at radius 3 is 2.52 bits per heavy atom. The van der Waals surface area contributed by atoms with Crippen LogP contribution in [0.15, 0.2) is 54.6 Å². The molecule has 1 aliphatic rings. The molecule has 2 aromatic rings. The largest absolute Gasteiger partial charge is 0.489 e. The molecule has 1 heterocycles. The molecule has 0 radical (unpaired) electrons. The summed E-state index contributed by atoms with van der Waals surface area (Å²) in [6.45, 7) is -0.0337. The third kappa shape index (κ3) is 4.23. The molecule has 0 bridgehead atoms. The van der Waals surface area contributed by atoms with Gasteiger partial charge in [0, 0.05) is 13.1 Å². The maximum absolute atomic E-state index is 13.0. The predicted octanol–water partition coefficient (Wildman–Crippen LogP) is 3.45. The zero-order valence-electron chi connectivity index (χ0n) is 13.3. The number of anilines is 1. The van der Waals surface area contributed by atoms with Crippen LogP contribution in [0.4, 0.5) is 18.9 Å². The zero-order chi connectivity index (χ0) is 17.9. The van der Waals surface area contributed by atoms with Gasteiger partial charge in [-0.1, -0.05) is 42.5 Å². The van der Waals surface area contributed by atoms with Gasteiger partial charge in [0.2, 0.25) is 0 Å². The number of hydrogen-bond donors (Lipinski definition) is 1. The summed E-state index contributed by atoms with van der Waals surface area (Å²) in [6.07, 6.45) is -4.91. The van der Waals surface area contributed by atoms with E-state index in [1.807, 2.05) is 6.07 Å². The van der Waals surface area contributed by atoms with Crippen molar-refractivity contribution in [1.29, 1.82) is 0 Å². The Hall–Kier alpha value is -2.70. The number of ether oxygens (including phenoxy) is 1. The van der Waals surface area contributed by atoms with Crippen molar-refractivity contribution < 1.29 is 22.7 Å². The number of carbonyl (C=O) groups excluding carboxylic acids is 1. The molecule has 0 fully saturated rings. The van der Waals surface area contributed by atoms with E-state index >= 15 is 0 Å². The number of carbonyl (C=O) groups is 1. The van der Waals surface area contributed by atoms with E-state index in [4.69, 9.17) is 4.74 Å². The third-order valence-corrected chi connectivity index (χ3v) is 3.87. The van der Waals surface area contributed by atoms with Crippen LogP contribution in [0.3, 0.4) is 0 Å². The van der Waals surface area contributed by atoms with Gasteiger partial charge in [0.1, 0.15) is 12.4 Å². The highest BCUT2D eigenvalue weighted by atomic mass is 19.4. The van der Waals surface area contributed by atoms with Crippen molar-refractivity contribution in [3.8, 4) is 5.75 Å². The van der Waals surface area contributed by atoms with E-state index in [-0.39, 0.29) is 19.7 Å². The lowest BCUT2D eigenvalue weighted by Gasteiger charge is -2.32. The van der Waals surface area contributed by atoms with Crippen LogP contribution in [0, 0.1) is 0 Å². The lowest BCUT2D eigenvalue weighted by Crippen LogP contribution is -2.48. The monoisotopic (exact) mass is 350 g/mol. The molecule has 0 spiro atoms. The van der Waals surface area contributed by atoms with Gasteiger partial charge >= 0.3 is 12.1 Å². The number of fused-ring (bicyclic) bond motifs is 1. The molecule has 4 nitrogen and oxygen atoms in total. The number of benzene rings is 2. The first-order valence-corrected chi connectivity index (χ1v) is 7.82. The summed E-state index contributed by atoms with van der Waals surface area (Å²) in [6, 6.07) is 15.4. The van der Waals surface area contributed by atoms with Crippen LogP contribution in [0.5, 0.6) is 5.75 Å². The zero-order valence-corrected chi connectivity index (χ0v) is 13.3. The van der Waals surface area contributed by atoms with Gasteiger partial charge in [0.05, 0.1) is 11.7 Å². The lowest BCUT2D eigenvalue weighted by atomic mass is 10.1. The van der Waals surface area contributed by atoms with Crippen LogP contribution in [0.25, 0.3) is 0 Å². The van der Waals surface area contributed by atoms with E-state index in [1.165, 1.54) is 0 Å². The van der Waals surface area contributed by atoms with Gasteiger partial charge in [0.15, 0.2) is 0 Å². The molecule has 0 saturated heterocycles. The van der Waals surface area contributed by atoms with Crippen molar-refractivity contribution in [3.63, 3.8) is 0 Å². The predicted molar refractivity (Wildman–Crippen MR) is 87.3 cm³/mol.